The first-order valence-corrected chi connectivity index (χ1v) is 11.1. The average molecular weight is 458 g/mol. The van der Waals surface area contributed by atoms with Crippen LogP contribution in [0.4, 0.5) is 10.5 Å². The van der Waals surface area contributed by atoms with Gasteiger partial charge in [0.25, 0.3) is 11.8 Å². The van der Waals surface area contributed by atoms with Crippen molar-refractivity contribution in [1.29, 1.82) is 0 Å². The number of nitrogens with zero attached hydrogens (tertiary/aromatic N) is 1. The van der Waals surface area contributed by atoms with E-state index >= 15 is 0 Å². The van der Waals surface area contributed by atoms with Crippen molar-refractivity contribution in [3.05, 3.63) is 90.0 Å². The molecular weight excluding hydrogens is 430 g/mol. The molecule has 1 aliphatic heterocycles. The number of fused-ring (bicyclic) bond motifs is 3. The Bertz CT molecular complexity index is 1210. The molecule has 1 aliphatic rings. The SMILES string of the molecule is CC(OC(=O)N[C@@H](C)c1ccccc1)C(=O)N[C@@H]1C(=O)N(C)c2ccccc2-c2ccccc21. The third kappa shape index (κ3) is 4.64. The summed E-state index contributed by atoms with van der Waals surface area (Å²) in [4.78, 5) is 40.2. The van der Waals surface area contributed by atoms with Gasteiger partial charge in [-0.1, -0.05) is 72.8 Å². The number of hydrogen-bond donors (Lipinski definition) is 2. The zero-order chi connectivity index (χ0) is 24.2. The second kappa shape index (κ2) is 9.79. The summed E-state index contributed by atoms with van der Waals surface area (Å²) in [6, 6.07) is 23.3. The Morgan fingerprint density at radius 1 is 0.882 bits per heavy atom. The highest BCUT2D eigenvalue weighted by atomic mass is 16.6. The van der Waals surface area contributed by atoms with Crippen LogP contribution in [0.2, 0.25) is 0 Å². The highest BCUT2D eigenvalue weighted by Crippen LogP contribution is 2.39. The lowest BCUT2D eigenvalue weighted by atomic mass is 9.95. The maximum absolute atomic E-state index is 13.3. The molecule has 0 saturated heterocycles. The van der Waals surface area contributed by atoms with Gasteiger partial charge in [0, 0.05) is 12.6 Å². The van der Waals surface area contributed by atoms with Gasteiger partial charge in [0.2, 0.25) is 0 Å². The van der Waals surface area contributed by atoms with Crippen LogP contribution in [0.3, 0.4) is 0 Å². The molecule has 0 aromatic heterocycles. The molecule has 4 rings (SSSR count). The van der Waals surface area contributed by atoms with Crippen LogP contribution in [0.5, 0.6) is 0 Å². The molecule has 3 aromatic rings. The monoisotopic (exact) mass is 457 g/mol. The van der Waals surface area contributed by atoms with E-state index in [9.17, 15) is 14.4 Å². The Labute approximate surface area is 198 Å². The number of amides is 3. The Morgan fingerprint density at radius 2 is 1.50 bits per heavy atom. The van der Waals surface area contributed by atoms with Gasteiger partial charge in [-0.2, -0.15) is 0 Å². The van der Waals surface area contributed by atoms with Crippen LogP contribution in [0.15, 0.2) is 78.9 Å². The predicted octanol–water partition coefficient (Wildman–Crippen LogP) is 4.36. The van der Waals surface area contributed by atoms with Crippen LogP contribution in [-0.2, 0) is 14.3 Å². The van der Waals surface area contributed by atoms with Crippen molar-refractivity contribution in [3.63, 3.8) is 0 Å². The lowest BCUT2D eigenvalue weighted by Gasteiger charge is -2.24. The van der Waals surface area contributed by atoms with Crippen LogP contribution in [0.1, 0.15) is 37.1 Å². The van der Waals surface area contributed by atoms with Crippen molar-refractivity contribution in [2.75, 3.05) is 11.9 Å². The topological polar surface area (TPSA) is 87.7 Å². The standard InChI is InChI=1S/C27H27N3O4/c1-17(19-11-5-4-6-12-19)28-27(33)34-18(2)25(31)29-24-22-15-8-7-13-20(22)21-14-9-10-16-23(21)30(3)26(24)32/h4-18,24H,1-3H3,(H,28,33)(H,29,31)/t17-,18?,24-/m0/s1. The van der Waals surface area contributed by atoms with E-state index in [1.165, 1.54) is 6.92 Å². The minimum absolute atomic E-state index is 0.278. The van der Waals surface area contributed by atoms with Gasteiger partial charge < -0.3 is 20.3 Å². The molecule has 7 nitrogen and oxygen atoms in total. The molecule has 0 spiro atoms. The number of para-hydroxylation sites is 1. The number of nitrogens with one attached hydrogen (secondary N) is 2. The molecule has 34 heavy (non-hydrogen) atoms. The van der Waals surface area contributed by atoms with Crippen LogP contribution in [0.25, 0.3) is 11.1 Å². The number of rotatable bonds is 5. The van der Waals surface area contributed by atoms with Gasteiger partial charge in [-0.25, -0.2) is 4.79 Å². The van der Waals surface area contributed by atoms with Gasteiger partial charge in [-0.05, 0) is 36.6 Å². The molecule has 3 amide bonds. The van der Waals surface area contributed by atoms with Crippen molar-refractivity contribution < 1.29 is 19.1 Å². The van der Waals surface area contributed by atoms with E-state index in [1.54, 1.807) is 11.9 Å². The van der Waals surface area contributed by atoms with Gasteiger partial charge >= 0.3 is 6.09 Å². The average Bonchev–Trinajstić information content (AvgIpc) is 2.94. The third-order valence-corrected chi connectivity index (χ3v) is 5.98. The second-order valence-electron chi connectivity index (χ2n) is 8.27. The molecule has 1 unspecified atom stereocenters. The fraction of sp³-hybridized carbons (Fsp3) is 0.222. The minimum atomic E-state index is -1.10. The number of carbonyl (C=O) groups is 3. The molecular formula is C27H27N3O4. The van der Waals surface area contributed by atoms with E-state index < -0.39 is 24.1 Å². The van der Waals surface area contributed by atoms with Crippen molar-refractivity contribution in [1.82, 2.24) is 10.6 Å². The first kappa shape index (κ1) is 23.0. The largest absolute Gasteiger partial charge is 0.436 e. The molecule has 7 heteroatoms. The molecule has 0 fully saturated rings. The number of carbonyl (C=O) groups excluding carboxylic acids is 3. The maximum atomic E-state index is 13.3. The summed E-state index contributed by atoms with van der Waals surface area (Å²) in [5.41, 5.74) is 4.13. The smallest absolute Gasteiger partial charge is 0.408 e. The Balaban J connectivity index is 1.49. The van der Waals surface area contributed by atoms with Gasteiger partial charge in [-0.15, -0.1) is 0 Å². The molecule has 3 aromatic carbocycles. The van der Waals surface area contributed by atoms with E-state index in [2.05, 4.69) is 10.6 Å². The lowest BCUT2D eigenvalue weighted by Crippen LogP contribution is -2.45. The van der Waals surface area contributed by atoms with E-state index in [0.717, 1.165) is 22.4 Å². The van der Waals surface area contributed by atoms with Crippen molar-refractivity contribution >= 4 is 23.6 Å². The summed E-state index contributed by atoms with van der Waals surface area (Å²) in [7, 11) is 1.69. The number of ether oxygens (including phenoxy) is 1. The molecule has 3 atom stereocenters. The predicted molar refractivity (Wildman–Crippen MR) is 130 cm³/mol. The Hall–Kier alpha value is -4.13. The molecule has 0 saturated carbocycles. The summed E-state index contributed by atoms with van der Waals surface area (Å²) in [6.07, 6.45) is -1.81. The second-order valence-corrected chi connectivity index (χ2v) is 8.27. The summed E-state index contributed by atoms with van der Waals surface area (Å²) in [6.45, 7) is 3.31. The van der Waals surface area contributed by atoms with Crippen molar-refractivity contribution in [2.45, 2.75) is 32.0 Å². The number of hydrogen-bond acceptors (Lipinski definition) is 4. The summed E-state index contributed by atoms with van der Waals surface area (Å²) in [5.74, 6) is -0.838. The third-order valence-electron chi connectivity index (χ3n) is 5.98. The van der Waals surface area contributed by atoms with E-state index in [4.69, 9.17) is 4.74 Å². The number of likely N-dealkylation sites (N-methyl/N-ethyl adjacent to an activating group) is 1. The Morgan fingerprint density at radius 3 is 2.24 bits per heavy atom. The first-order chi connectivity index (χ1) is 16.4. The van der Waals surface area contributed by atoms with Crippen LogP contribution >= 0.6 is 0 Å². The van der Waals surface area contributed by atoms with Gasteiger partial charge in [0.1, 0.15) is 6.04 Å². The number of benzene rings is 3. The molecule has 0 bridgehead atoms. The van der Waals surface area contributed by atoms with Crippen LogP contribution < -0.4 is 15.5 Å². The van der Waals surface area contributed by atoms with Crippen molar-refractivity contribution in [2.24, 2.45) is 0 Å². The normalized spacial score (nSPS) is 16.4. The summed E-state index contributed by atoms with van der Waals surface area (Å²) < 4.78 is 5.30. The van der Waals surface area contributed by atoms with E-state index in [1.807, 2.05) is 85.8 Å². The highest BCUT2D eigenvalue weighted by molar-refractivity contribution is 6.06. The minimum Gasteiger partial charge on any atom is -0.436 e. The van der Waals surface area contributed by atoms with Crippen molar-refractivity contribution in [3.8, 4) is 11.1 Å². The Kier molecular flexibility index (Phi) is 6.63. The summed E-state index contributed by atoms with van der Waals surface area (Å²) >= 11 is 0. The number of alkyl carbamates (subject to hydrolysis) is 1. The molecule has 2 N–H and O–H groups in total. The van der Waals surface area contributed by atoms with E-state index in [0.29, 0.717) is 5.56 Å². The molecule has 0 radical (unpaired) electrons. The van der Waals surface area contributed by atoms with Crippen LogP contribution in [-0.4, -0.2) is 31.1 Å². The van der Waals surface area contributed by atoms with Gasteiger partial charge in [-0.3, -0.25) is 9.59 Å². The molecule has 0 aliphatic carbocycles. The van der Waals surface area contributed by atoms with Gasteiger partial charge in [0.15, 0.2) is 6.10 Å². The number of anilines is 1. The fourth-order valence-corrected chi connectivity index (χ4v) is 4.08. The molecule has 1 heterocycles. The zero-order valence-electron chi connectivity index (χ0n) is 19.3. The highest BCUT2D eigenvalue weighted by Gasteiger charge is 2.34. The van der Waals surface area contributed by atoms with Gasteiger partial charge in [0.05, 0.1) is 11.7 Å². The lowest BCUT2D eigenvalue weighted by molar-refractivity contribution is -0.132. The van der Waals surface area contributed by atoms with E-state index in [-0.39, 0.29) is 11.9 Å². The molecule has 174 valence electrons. The fourth-order valence-electron chi connectivity index (χ4n) is 4.08. The first-order valence-electron chi connectivity index (χ1n) is 11.1. The zero-order valence-corrected chi connectivity index (χ0v) is 19.3. The quantitative estimate of drug-likeness (QED) is 0.596. The van der Waals surface area contributed by atoms with Crippen LogP contribution in [0, 0.1) is 0 Å². The summed E-state index contributed by atoms with van der Waals surface area (Å²) in [5, 5.41) is 5.51. The maximum Gasteiger partial charge on any atom is 0.408 e.